The number of nitrogens with one attached hydrogen (secondary N) is 1. The number of anilines is 2. The maximum absolute atomic E-state index is 11.5. The number of aromatic nitrogens is 4. The summed E-state index contributed by atoms with van der Waals surface area (Å²) in [5, 5.41) is 8.13. The van der Waals surface area contributed by atoms with Crippen molar-refractivity contribution in [2.45, 2.75) is 51.6 Å². The van der Waals surface area contributed by atoms with Crippen molar-refractivity contribution < 1.29 is 19.1 Å². The lowest BCUT2D eigenvalue weighted by atomic mass is 9.99. The van der Waals surface area contributed by atoms with Crippen molar-refractivity contribution in [3.8, 4) is 0 Å². The lowest BCUT2D eigenvalue weighted by Gasteiger charge is -2.37. The third kappa shape index (κ3) is 5.39. The number of carbonyl (C=O) groups excluding carboxylic acids is 1. The molecule has 182 valence electrons. The minimum Gasteiger partial charge on any atom is -0.465 e. The molecule has 34 heavy (non-hydrogen) atoms. The monoisotopic (exact) mass is 468 g/mol. The van der Waals surface area contributed by atoms with Gasteiger partial charge in [0.25, 0.3) is 0 Å². The van der Waals surface area contributed by atoms with Crippen molar-refractivity contribution in [1.29, 1.82) is 0 Å². The number of nitrogens with two attached hydrogens (primary N) is 1. The molecule has 4 heterocycles. The molecule has 3 aromatic heterocycles. The molecule has 3 aromatic rings. The molecule has 0 radical (unpaired) electrons. The van der Waals surface area contributed by atoms with Gasteiger partial charge in [0, 0.05) is 53.5 Å². The van der Waals surface area contributed by atoms with Crippen molar-refractivity contribution in [2.24, 2.45) is 5.73 Å². The first-order chi connectivity index (χ1) is 16.6. The molecule has 1 saturated heterocycles. The first-order valence-corrected chi connectivity index (χ1v) is 11.9. The van der Waals surface area contributed by atoms with Gasteiger partial charge >= 0.3 is 5.97 Å². The highest BCUT2D eigenvalue weighted by molar-refractivity contribution is 5.71. The molecule has 0 aromatic carbocycles. The van der Waals surface area contributed by atoms with Gasteiger partial charge in [0.05, 0.1) is 19.3 Å². The van der Waals surface area contributed by atoms with Gasteiger partial charge in [-0.15, -0.1) is 0 Å². The number of hydrogen-bond donors (Lipinski definition) is 2. The van der Waals surface area contributed by atoms with Crippen molar-refractivity contribution in [1.82, 2.24) is 14.6 Å². The van der Waals surface area contributed by atoms with E-state index in [2.05, 4.69) is 28.3 Å². The predicted octanol–water partition coefficient (Wildman–Crippen LogP) is 1.50. The number of piperidine rings is 1. The lowest BCUT2D eigenvalue weighted by Crippen LogP contribution is -2.41. The van der Waals surface area contributed by atoms with Gasteiger partial charge in [-0.1, -0.05) is 6.92 Å². The summed E-state index contributed by atoms with van der Waals surface area (Å²) in [6.07, 6.45) is 10.6. The lowest BCUT2D eigenvalue weighted by molar-refractivity contribution is -0.885. The van der Waals surface area contributed by atoms with Crippen LogP contribution in [0.5, 0.6) is 0 Å². The second-order valence-corrected chi connectivity index (χ2v) is 8.42. The Morgan fingerprint density at radius 3 is 3.06 bits per heavy atom. The average molecular weight is 469 g/mol. The predicted molar refractivity (Wildman–Crippen MR) is 128 cm³/mol. The molecule has 0 bridgehead atoms. The van der Waals surface area contributed by atoms with Crippen LogP contribution < -0.4 is 25.5 Å². The molecule has 0 aliphatic carbocycles. The summed E-state index contributed by atoms with van der Waals surface area (Å²) in [7, 11) is 1.64. The van der Waals surface area contributed by atoms with E-state index in [9.17, 15) is 4.79 Å². The van der Waals surface area contributed by atoms with Crippen molar-refractivity contribution in [3.63, 3.8) is 0 Å². The van der Waals surface area contributed by atoms with Crippen molar-refractivity contribution in [2.75, 3.05) is 37.0 Å². The molecule has 0 amide bonds. The Morgan fingerprint density at radius 2 is 2.26 bits per heavy atom. The van der Waals surface area contributed by atoms with Crippen LogP contribution in [0.15, 0.2) is 36.8 Å². The maximum atomic E-state index is 11.5. The smallest absolute Gasteiger partial charge is 0.319 e. The van der Waals surface area contributed by atoms with Crippen molar-refractivity contribution >= 4 is 23.3 Å². The molecule has 3 N–H and O–H groups in total. The van der Waals surface area contributed by atoms with Crippen LogP contribution in [-0.4, -0.2) is 53.4 Å². The molecule has 1 atom stereocenters. The van der Waals surface area contributed by atoms with Crippen LogP contribution in [0.4, 0.5) is 11.6 Å². The van der Waals surface area contributed by atoms with E-state index in [-0.39, 0.29) is 18.6 Å². The normalized spacial score (nSPS) is 16.0. The molecular weight excluding hydrogens is 434 g/mol. The molecular formula is C24H34N7O3+. The minimum absolute atomic E-state index is 0.0889. The highest BCUT2D eigenvalue weighted by Crippen LogP contribution is 2.29. The first kappa shape index (κ1) is 23.7. The Morgan fingerprint density at radius 1 is 1.38 bits per heavy atom. The van der Waals surface area contributed by atoms with Crippen LogP contribution in [0, 0.1) is 0 Å². The van der Waals surface area contributed by atoms with E-state index in [1.807, 2.05) is 35.2 Å². The van der Waals surface area contributed by atoms with E-state index in [0.717, 1.165) is 67.1 Å². The molecule has 0 saturated carbocycles. The molecule has 1 fully saturated rings. The first-order valence-electron chi connectivity index (χ1n) is 11.9. The fourth-order valence-electron chi connectivity index (χ4n) is 4.40. The zero-order valence-electron chi connectivity index (χ0n) is 19.9. The number of hydrogen-bond acceptors (Lipinski definition) is 8. The number of fused-ring (bicyclic) bond motifs is 1. The van der Waals surface area contributed by atoms with Gasteiger partial charge in [0.15, 0.2) is 5.65 Å². The maximum Gasteiger partial charge on any atom is 0.319 e. The third-order valence-electron chi connectivity index (χ3n) is 6.24. The van der Waals surface area contributed by atoms with Gasteiger partial charge in [0.2, 0.25) is 12.4 Å². The SMILES string of the molecule is CCc1cnn2c(NCc3ccc[n+](OC)c3)cc(N3CCCC[C@H]3CCOC(=O)CN)nc12. The van der Waals surface area contributed by atoms with Gasteiger partial charge in [-0.2, -0.15) is 9.61 Å². The van der Waals surface area contributed by atoms with Crippen LogP contribution in [-0.2, 0) is 22.5 Å². The summed E-state index contributed by atoms with van der Waals surface area (Å²) in [6.45, 7) is 3.92. The molecule has 1 aliphatic rings. The molecule has 10 nitrogen and oxygen atoms in total. The van der Waals surface area contributed by atoms with E-state index in [1.165, 1.54) is 0 Å². The second-order valence-electron chi connectivity index (χ2n) is 8.42. The van der Waals surface area contributed by atoms with Gasteiger partial charge in [-0.05, 0) is 31.7 Å². The fraction of sp³-hybridized carbons (Fsp3) is 0.500. The van der Waals surface area contributed by atoms with Gasteiger partial charge < -0.3 is 20.7 Å². The van der Waals surface area contributed by atoms with Gasteiger partial charge in [-0.3, -0.25) is 9.63 Å². The van der Waals surface area contributed by atoms with E-state index in [0.29, 0.717) is 13.2 Å². The van der Waals surface area contributed by atoms with Crippen LogP contribution >= 0.6 is 0 Å². The summed E-state index contributed by atoms with van der Waals surface area (Å²) in [5.41, 5.74) is 8.41. The summed E-state index contributed by atoms with van der Waals surface area (Å²) >= 11 is 0. The third-order valence-corrected chi connectivity index (χ3v) is 6.24. The number of nitrogens with zero attached hydrogens (tertiary/aromatic N) is 5. The Hall–Kier alpha value is -3.40. The highest BCUT2D eigenvalue weighted by Gasteiger charge is 2.25. The molecule has 0 unspecified atom stereocenters. The summed E-state index contributed by atoms with van der Waals surface area (Å²) < 4.78 is 8.80. The number of aryl methyl sites for hydroxylation is 1. The average Bonchev–Trinajstić information content (AvgIpc) is 3.30. The number of ether oxygens (including phenoxy) is 1. The number of rotatable bonds is 10. The van der Waals surface area contributed by atoms with Crippen LogP contribution in [0.2, 0.25) is 0 Å². The zero-order valence-corrected chi connectivity index (χ0v) is 19.9. The van der Waals surface area contributed by atoms with Crippen LogP contribution in [0.3, 0.4) is 0 Å². The second kappa shape index (κ2) is 11.1. The Labute approximate surface area is 199 Å². The van der Waals surface area contributed by atoms with Gasteiger partial charge in [-0.25, -0.2) is 4.98 Å². The highest BCUT2D eigenvalue weighted by atomic mass is 16.6. The molecule has 4 rings (SSSR count). The van der Waals surface area contributed by atoms with E-state index in [4.69, 9.17) is 20.3 Å². The Balaban J connectivity index is 1.60. The molecule has 1 aliphatic heterocycles. The largest absolute Gasteiger partial charge is 0.465 e. The Kier molecular flexibility index (Phi) is 7.79. The van der Waals surface area contributed by atoms with Crippen LogP contribution in [0.25, 0.3) is 5.65 Å². The van der Waals surface area contributed by atoms with E-state index in [1.54, 1.807) is 11.8 Å². The summed E-state index contributed by atoms with van der Waals surface area (Å²) in [4.78, 5) is 24.1. The minimum atomic E-state index is -0.365. The standard InChI is InChI=1S/C24H34N7O3/c1-3-19-16-27-31-21(26-15-18-7-6-10-29(17-18)33-2)13-22(28-24(19)31)30-11-5-4-8-20(30)9-12-34-23(32)14-25/h6-7,10,13,16-17,20,26H,3-5,8-9,11-12,14-15,25H2,1-2H3/q+1/t20-/m0/s1. The number of carbonyl (C=O) groups is 1. The van der Waals surface area contributed by atoms with Crippen molar-refractivity contribution in [3.05, 3.63) is 47.9 Å². The van der Waals surface area contributed by atoms with Gasteiger partial charge in [0.1, 0.15) is 18.7 Å². The topological polar surface area (TPSA) is 111 Å². The number of pyridine rings is 1. The van der Waals surface area contributed by atoms with E-state index >= 15 is 0 Å². The molecule has 0 spiro atoms. The summed E-state index contributed by atoms with van der Waals surface area (Å²) in [5.74, 6) is 1.43. The zero-order chi connectivity index (χ0) is 23.9. The van der Waals surface area contributed by atoms with Crippen LogP contribution in [0.1, 0.15) is 43.7 Å². The quantitative estimate of drug-likeness (QED) is 0.340. The summed E-state index contributed by atoms with van der Waals surface area (Å²) in [6, 6.07) is 6.32. The number of esters is 1. The Bertz CT molecular complexity index is 1120. The van der Waals surface area contributed by atoms with E-state index < -0.39 is 0 Å². The molecule has 10 heteroatoms. The fourth-order valence-corrected chi connectivity index (χ4v) is 4.40.